The second-order valence-electron chi connectivity index (χ2n) is 19.6. The quantitative estimate of drug-likeness (QED) is 0.0202. The number of para-hydroxylation sites is 1. The first-order chi connectivity index (χ1) is 37.3. The molecule has 18 N–H and O–H groups in total. The second kappa shape index (κ2) is 30.7. The van der Waals surface area contributed by atoms with Crippen molar-refractivity contribution in [2.24, 2.45) is 33.8 Å². The molecule has 8 atom stereocenters. The fraction of sp³-hybridized carbons (Fsp3) is 0.481. The van der Waals surface area contributed by atoms with Gasteiger partial charge in [0.25, 0.3) is 0 Å². The van der Waals surface area contributed by atoms with E-state index >= 15 is 0 Å². The maximum Gasteiger partial charge on any atom is 0.244 e. The summed E-state index contributed by atoms with van der Waals surface area (Å²) in [6.45, 7) is 3.95. The molecule has 1 saturated heterocycles. The van der Waals surface area contributed by atoms with Crippen molar-refractivity contribution in [1.29, 1.82) is 0 Å². The number of amides is 9. The van der Waals surface area contributed by atoms with Crippen LogP contribution in [0.2, 0.25) is 0 Å². The number of rotatable bonds is 20. The highest BCUT2D eigenvalue weighted by atomic mass is 32.1. The monoisotopic (exact) mass is 1100 g/mol. The normalized spacial score (nSPS) is 22.6. The number of carbonyl (C=O) groups is 9. The molecule has 1 aliphatic rings. The van der Waals surface area contributed by atoms with Gasteiger partial charge in [0.2, 0.25) is 53.2 Å². The Morgan fingerprint density at radius 1 is 0.590 bits per heavy atom. The molecule has 78 heavy (non-hydrogen) atoms. The second-order valence-corrected chi connectivity index (χ2v) is 19.9. The number of aromatic nitrogens is 3. The van der Waals surface area contributed by atoms with E-state index < -0.39 is 108 Å². The standard InChI is InChI=1S/C52H74N16O9S/c1-29(2)21-38-47(73)67-41(24-32-26-57-28-60-32)50(76)65-39(22-30-11-4-3-5-12-30)48(74)63-37(17-18-43(54)69)46(72)62-36(16-10-20-58-52(55)56)44(70)61-35(15-8-9-19-53)45(71)68-42(27-78)51(77)66-40(49(75)64-38)23-31-25-59-34-14-7-6-13-33(31)34/h3-7,11-14,25-26,28-29,35-42,59,78H,8-10,15-24,27,53H2,1-2H3,(H2,54,69)(H,57,60)(H,61,70)(H,62,72)(H,63,74)(H,64,75)(H,65,76)(H,66,77)(H,67,73)(H,68,71)(H4,55,56,58)/t35-,36-,37-,38-,39-,40-,41-,42-/m0/s1. The Labute approximate surface area is 457 Å². The van der Waals surface area contributed by atoms with Crippen molar-refractivity contribution in [3.05, 3.63) is 90.1 Å². The van der Waals surface area contributed by atoms with Crippen LogP contribution in [-0.2, 0) is 62.4 Å². The Kier molecular flexibility index (Phi) is 23.9. The molecule has 0 radical (unpaired) electrons. The van der Waals surface area contributed by atoms with E-state index in [0.29, 0.717) is 29.7 Å². The van der Waals surface area contributed by atoms with Crippen LogP contribution in [0, 0.1) is 5.92 Å². The largest absolute Gasteiger partial charge is 0.370 e. The van der Waals surface area contributed by atoms with Gasteiger partial charge in [0.1, 0.15) is 48.3 Å². The van der Waals surface area contributed by atoms with Gasteiger partial charge in [-0.25, -0.2) is 4.98 Å². The zero-order valence-electron chi connectivity index (χ0n) is 43.8. The molecule has 9 amide bonds. The molecule has 0 spiro atoms. The molecule has 0 saturated carbocycles. The predicted molar refractivity (Wildman–Crippen MR) is 294 cm³/mol. The number of H-pyrrole nitrogens is 2. The van der Waals surface area contributed by atoms with E-state index in [-0.39, 0.29) is 82.1 Å². The van der Waals surface area contributed by atoms with Gasteiger partial charge in [-0.3, -0.25) is 48.1 Å². The van der Waals surface area contributed by atoms with E-state index in [4.69, 9.17) is 22.9 Å². The minimum absolute atomic E-state index is 0.0311. The van der Waals surface area contributed by atoms with Crippen LogP contribution in [0.3, 0.4) is 0 Å². The molecular formula is C52H74N16O9S. The summed E-state index contributed by atoms with van der Waals surface area (Å²) in [6.07, 6.45) is 4.34. The fourth-order valence-corrected chi connectivity index (χ4v) is 9.04. The Bertz CT molecular complexity index is 2700. The molecule has 2 aromatic carbocycles. The zero-order valence-corrected chi connectivity index (χ0v) is 44.7. The smallest absolute Gasteiger partial charge is 0.244 e. The Hall–Kier alpha value is -8.00. The van der Waals surface area contributed by atoms with Crippen LogP contribution in [0.25, 0.3) is 10.9 Å². The molecule has 3 heterocycles. The summed E-state index contributed by atoms with van der Waals surface area (Å²) in [5, 5.41) is 22.5. The molecular weight excluding hydrogens is 1020 g/mol. The summed E-state index contributed by atoms with van der Waals surface area (Å²) in [4.78, 5) is 142. The number of guanidine groups is 1. The first-order valence-corrected chi connectivity index (χ1v) is 26.6. The van der Waals surface area contributed by atoms with Crippen LogP contribution in [0.4, 0.5) is 0 Å². The number of fused-ring (bicyclic) bond motifs is 1. The maximum atomic E-state index is 14.7. The van der Waals surface area contributed by atoms with Gasteiger partial charge in [-0.15, -0.1) is 0 Å². The summed E-state index contributed by atoms with van der Waals surface area (Å²) in [5.41, 5.74) is 24.9. The SMILES string of the molecule is CC(C)C[C@@H]1NC(=O)[C@H](Cc2c[nH]c3ccccc23)NC(=O)[C@H](CS)NC(=O)[C@H](CCCCN)NC(=O)[C@H](CCCN=C(N)N)NC(=O)[C@H](CCC(N)=O)NC(=O)[C@H](Cc2ccccc2)NC(=O)[C@H](Cc2cnc[nH]2)NC1=O. The van der Waals surface area contributed by atoms with Gasteiger partial charge in [0, 0.05) is 67.0 Å². The Morgan fingerprint density at radius 2 is 1.09 bits per heavy atom. The van der Waals surface area contributed by atoms with E-state index in [2.05, 4.69) is 75.1 Å². The van der Waals surface area contributed by atoms with E-state index in [0.717, 1.165) is 10.9 Å². The minimum atomic E-state index is -1.53. The van der Waals surface area contributed by atoms with E-state index in [1.807, 2.05) is 38.1 Å². The lowest BCUT2D eigenvalue weighted by Gasteiger charge is -2.29. The number of hydrogen-bond acceptors (Lipinski definition) is 13. The van der Waals surface area contributed by atoms with Gasteiger partial charge in [-0.2, -0.15) is 12.6 Å². The number of thiol groups is 1. The highest BCUT2D eigenvalue weighted by Gasteiger charge is 2.36. The van der Waals surface area contributed by atoms with Crippen molar-refractivity contribution >= 4 is 82.7 Å². The van der Waals surface area contributed by atoms with Crippen LogP contribution in [0.15, 0.2) is 78.3 Å². The first kappa shape index (κ1) is 60.9. The van der Waals surface area contributed by atoms with Gasteiger partial charge in [-0.05, 0) is 74.6 Å². The lowest BCUT2D eigenvalue weighted by Crippen LogP contribution is -2.62. The van der Waals surface area contributed by atoms with Gasteiger partial charge < -0.3 is 75.4 Å². The van der Waals surface area contributed by atoms with Crippen LogP contribution in [0.1, 0.15) is 82.0 Å². The third kappa shape index (κ3) is 19.2. The van der Waals surface area contributed by atoms with Crippen LogP contribution >= 0.6 is 12.6 Å². The van der Waals surface area contributed by atoms with E-state index in [9.17, 15) is 43.2 Å². The average Bonchev–Trinajstić information content (AvgIpc) is 4.08. The van der Waals surface area contributed by atoms with Gasteiger partial charge in [0.05, 0.1) is 6.33 Å². The number of nitrogens with one attached hydrogen (secondary N) is 10. The number of aliphatic imine (C=N–C) groups is 1. The molecule has 1 fully saturated rings. The number of primary amides is 1. The first-order valence-electron chi connectivity index (χ1n) is 26.0. The molecule has 4 aromatic rings. The summed E-state index contributed by atoms with van der Waals surface area (Å²) < 4.78 is 0. The number of unbranched alkanes of at least 4 members (excludes halogenated alkanes) is 1. The van der Waals surface area contributed by atoms with Crippen molar-refractivity contribution in [2.75, 3.05) is 18.8 Å². The molecule has 0 aliphatic carbocycles. The number of nitrogens with zero attached hydrogens (tertiary/aromatic N) is 2. The summed E-state index contributed by atoms with van der Waals surface area (Å²) in [7, 11) is 0. The van der Waals surface area contributed by atoms with Crippen molar-refractivity contribution in [2.45, 2.75) is 133 Å². The predicted octanol–water partition coefficient (Wildman–Crippen LogP) is -1.77. The third-order valence-corrected chi connectivity index (χ3v) is 13.3. The summed E-state index contributed by atoms with van der Waals surface area (Å²) in [6, 6.07) is 4.85. The maximum absolute atomic E-state index is 14.7. The van der Waals surface area contributed by atoms with Crippen molar-refractivity contribution < 1.29 is 43.2 Å². The van der Waals surface area contributed by atoms with Gasteiger partial charge >= 0.3 is 0 Å². The number of hydrogen-bond donors (Lipinski definition) is 15. The van der Waals surface area contributed by atoms with Crippen molar-refractivity contribution in [3.63, 3.8) is 0 Å². The topological polar surface area (TPSA) is 411 Å². The third-order valence-electron chi connectivity index (χ3n) is 12.9. The van der Waals surface area contributed by atoms with E-state index in [1.165, 1.54) is 12.5 Å². The molecule has 1 aliphatic heterocycles. The highest BCUT2D eigenvalue weighted by Crippen LogP contribution is 2.20. The minimum Gasteiger partial charge on any atom is -0.370 e. The Morgan fingerprint density at radius 3 is 1.65 bits per heavy atom. The van der Waals surface area contributed by atoms with Crippen molar-refractivity contribution in [3.8, 4) is 0 Å². The number of imidazole rings is 1. The van der Waals surface area contributed by atoms with Crippen molar-refractivity contribution in [1.82, 2.24) is 57.5 Å². The lowest BCUT2D eigenvalue weighted by atomic mass is 9.99. The average molecular weight is 1100 g/mol. The highest BCUT2D eigenvalue weighted by molar-refractivity contribution is 7.80. The van der Waals surface area contributed by atoms with Gasteiger partial charge in [-0.1, -0.05) is 62.4 Å². The summed E-state index contributed by atoms with van der Waals surface area (Å²) >= 11 is 4.39. The lowest BCUT2D eigenvalue weighted by molar-refractivity contribution is -0.136. The molecule has 26 heteroatoms. The zero-order chi connectivity index (χ0) is 56.7. The number of nitrogens with two attached hydrogens (primary N) is 4. The fourth-order valence-electron chi connectivity index (χ4n) is 8.78. The van der Waals surface area contributed by atoms with Gasteiger partial charge in [0.15, 0.2) is 5.96 Å². The van der Waals surface area contributed by atoms with Crippen LogP contribution < -0.4 is 65.5 Å². The molecule has 0 bridgehead atoms. The number of aromatic amines is 2. The molecule has 422 valence electrons. The van der Waals surface area contributed by atoms with Crippen LogP contribution in [0.5, 0.6) is 0 Å². The molecule has 0 unspecified atom stereocenters. The van der Waals surface area contributed by atoms with Crippen LogP contribution in [-0.4, -0.2) is 141 Å². The Balaban J connectivity index is 1.62. The molecule has 25 nitrogen and oxygen atoms in total. The van der Waals surface area contributed by atoms with E-state index in [1.54, 1.807) is 36.5 Å². The number of carbonyl (C=O) groups excluding carboxylic acids is 9. The summed E-state index contributed by atoms with van der Waals surface area (Å²) in [5.74, 6) is -8.14. The molecule has 5 rings (SSSR count). The number of benzene rings is 2. The molecule has 2 aromatic heterocycles.